The van der Waals surface area contributed by atoms with Crippen LogP contribution in [0.4, 0.5) is 0 Å². The number of aromatic hydroxyl groups is 4. The predicted octanol–water partition coefficient (Wildman–Crippen LogP) is 11.2. The summed E-state index contributed by atoms with van der Waals surface area (Å²) in [5.74, 6) is -1.31. The van der Waals surface area contributed by atoms with Crippen LogP contribution in [0.1, 0.15) is 54.9 Å². The number of hydrogen-bond donors (Lipinski definition) is 4. The minimum atomic E-state index is -1.32. The van der Waals surface area contributed by atoms with E-state index in [9.17, 15) is 20.4 Å². The van der Waals surface area contributed by atoms with Gasteiger partial charge in [0.25, 0.3) is 0 Å². The second kappa shape index (κ2) is 18.5. The Kier molecular flexibility index (Phi) is 12.3. The van der Waals surface area contributed by atoms with Gasteiger partial charge in [-0.15, -0.1) is 0 Å². The van der Waals surface area contributed by atoms with Crippen LogP contribution < -0.4 is 18.9 Å². The van der Waals surface area contributed by atoms with E-state index in [4.69, 9.17) is 37.9 Å². The summed E-state index contributed by atoms with van der Waals surface area (Å²) in [5, 5.41) is 44.1. The molecule has 0 aliphatic carbocycles. The van der Waals surface area contributed by atoms with Gasteiger partial charge in [0.05, 0.1) is 67.5 Å². The van der Waals surface area contributed by atoms with Crippen molar-refractivity contribution in [1.82, 2.24) is 0 Å². The van der Waals surface area contributed by atoms with Gasteiger partial charge in [-0.05, 0) is 86.3 Å². The quantitative estimate of drug-likeness (QED) is 0.117. The monoisotopic (exact) mass is 974 g/mol. The van der Waals surface area contributed by atoms with Crippen molar-refractivity contribution in [3.8, 4) is 46.0 Å². The molecule has 4 N–H and O–H groups in total. The molecular formula is C53H50O12S3. The Balaban J connectivity index is 0.854. The first-order chi connectivity index (χ1) is 33.1. The molecule has 0 saturated carbocycles. The van der Waals surface area contributed by atoms with Crippen LogP contribution >= 0.6 is 35.3 Å². The average molecular weight is 975 g/mol. The Labute approximate surface area is 406 Å². The van der Waals surface area contributed by atoms with Crippen molar-refractivity contribution < 1.29 is 58.3 Å². The lowest BCUT2D eigenvalue weighted by Gasteiger charge is -2.39. The number of ether oxygens (including phenoxy) is 8. The van der Waals surface area contributed by atoms with E-state index in [-0.39, 0.29) is 62.0 Å². The van der Waals surface area contributed by atoms with E-state index >= 15 is 0 Å². The number of rotatable bonds is 6. The summed E-state index contributed by atoms with van der Waals surface area (Å²) in [6, 6.07) is 33.7. The predicted molar refractivity (Wildman–Crippen MR) is 255 cm³/mol. The molecule has 5 aliphatic rings. The molecular weight excluding hydrogens is 925 g/mol. The Morgan fingerprint density at radius 2 is 1.12 bits per heavy atom. The van der Waals surface area contributed by atoms with E-state index in [2.05, 4.69) is 6.92 Å². The van der Waals surface area contributed by atoms with Gasteiger partial charge in [-0.25, -0.2) is 0 Å². The van der Waals surface area contributed by atoms with E-state index in [0.717, 1.165) is 49.1 Å². The van der Waals surface area contributed by atoms with Gasteiger partial charge < -0.3 is 58.3 Å². The zero-order chi connectivity index (χ0) is 46.5. The molecule has 6 aromatic carbocycles. The topological polar surface area (TPSA) is 155 Å². The van der Waals surface area contributed by atoms with E-state index in [0.29, 0.717) is 71.0 Å². The largest absolute Gasteiger partial charge is 0.504 e. The fourth-order valence-electron chi connectivity index (χ4n) is 9.24. The number of fused-ring (bicyclic) bond motifs is 10. The van der Waals surface area contributed by atoms with Gasteiger partial charge in [-0.2, -0.15) is 0 Å². The summed E-state index contributed by atoms with van der Waals surface area (Å²) in [5.41, 5.74) is 2.70. The maximum Gasteiger partial charge on any atom is 0.224 e. The van der Waals surface area contributed by atoms with Crippen LogP contribution in [0.5, 0.6) is 46.0 Å². The molecule has 352 valence electrons. The lowest BCUT2D eigenvalue weighted by atomic mass is 9.89. The molecule has 11 rings (SSSR count). The highest BCUT2D eigenvalue weighted by Gasteiger charge is 2.49. The second-order valence-corrected chi connectivity index (χ2v) is 21.0. The summed E-state index contributed by atoms with van der Waals surface area (Å²) in [4.78, 5) is 4.46. The third-order valence-electron chi connectivity index (χ3n) is 13.0. The van der Waals surface area contributed by atoms with Crippen LogP contribution in [0.2, 0.25) is 0 Å². The Morgan fingerprint density at radius 1 is 0.544 bits per heavy atom. The third kappa shape index (κ3) is 8.14. The molecule has 3 unspecified atom stereocenters. The van der Waals surface area contributed by atoms with Crippen molar-refractivity contribution in [1.29, 1.82) is 0 Å². The fourth-order valence-corrected chi connectivity index (χ4v) is 12.8. The molecule has 0 aromatic heterocycles. The van der Waals surface area contributed by atoms with Crippen LogP contribution in [0.15, 0.2) is 139 Å². The first-order valence-corrected chi connectivity index (χ1v) is 25.3. The van der Waals surface area contributed by atoms with E-state index in [1.54, 1.807) is 30.0 Å². The minimum absolute atomic E-state index is 0.0259. The van der Waals surface area contributed by atoms with Crippen molar-refractivity contribution in [3.05, 3.63) is 131 Å². The van der Waals surface area contributed by atoms with E-state index in [1.807, 2.05) is 84.9 Å². The smallest absolute Gasteiger partial charge is 0.224 e. The molecule has 0 radical (unpaired) electrons. The first-order valence-electron chi connectivity index (χ1n) is 22.8. The molecule has 5 aliphatic heterocycles. The minimum Gasteiger partial charge on any atom is -0.504 e. The molecule has 6 aromatic rings. The zero-order valence-corrected chi connectivity index (χ0v) is 39.7. The van der Waals surface area contributed by atoms with Crippen LogP contribution in [0.25, 0.3) is 0 Å². The molecule has 0 bridgehead atoms. The summed E-state index contributed by atoms with van der Waals surface area (Å²) >= 11 is 4.29. The number of phenolic OH excluding ortho intramolecular Hbond substituents is 4. The lowest BCUT2D eigenvalue weighted by molar-refractivity contribution is -0.210. The number of benzene rings is 6. The molecule has 0 amide bonds. The molecule has 15 heteroatoms. The lowest BCUT2D eigenvalue weighted by Crippen LogP contribution is -2.37. The zero-order valence-electron chi connectivity index (χ0n) is 37.2. The van der Waals surface area contributed by atoms with Crippen molar-refractivity contribution >= 4 is 35.3 Å². The Morgan fingerprint density at radius 3 is 1.81 bits per heavy atom. The van der Waals surface area contributed by atoms with Crippen molar-refractivity contribution in [2.75, 3.05) is 52.9 Å². The second-order valence-electron chi connectivity index (χ2n) is 17.8. The van der Waals surface area contributed by atoms with Crippen molar-refractivity contribution in [2.24, 2.45) is 11.3 Å². The third-order valence-corrected chi connectivity index (χ3v) is 16.5. The highest BCUT2D eigenvalue weighted by atomic mass is 32.2. The SMILES string of the molecule is CC1(COc2c(O)ccc3c2Sc2ccccc2C32OCCC(COc3c(O)ccc4c3Sc3ccccc3C43OCCCCO3)CO2)CCOc2ccc(O)c(O)c2Sc2ccccc2OC1. The maximum atomic E-state index is 11.6. The maximum absolute atomic E-state index is 11.6. The van der Waals surface area contributed by atoms with Gasteiger partial charge in [0, 0.05) is 43.4 Å². The van der Waals surface area contributed by atoms with E-state index in [1.165, 1.54) is 29.6 Å². The van der Waals surface area contributed by atoms with Gasteiger partial charge in [0.2, 0.25) is 11.6 Å². The van der Waals surface area contributed by atoms with Crippen LogP contribution in [-0.2, 0) is 30.5 Å². The van der Waals surface area contributed by atoms with Crippen molar-refractivity contribution in [2.45, 2.75) is 73.6 Å². The van der Waals surface area contributed by atoms with Gasteiger partial charge in [-0.1, -0.05) is 90.7 Å². The highest BCUT2D eigenvalue weighted by Crippen LogP contribution is 2.58. The molecule has 68 heavy (non-hydrogen) atoms. The molecule has 2 saturated heterocycles. The standard InChI is InChI=1S/C53H50O12S3/c1-51(23-27-58-41-21-20-37(54)45(57)50(41)68-44-15-7-4-12-40(44)60-30-51)31-61-47-39(56)19-17-36-49(47)67-43-14-6-3-11-34(43)53(36)64-26-22-32(29-65-53)28-59-46-38(55)18-16-35-48(46)66-42-13-5-2-10-33(42)52(35)62-24-8-9-25-63-52/h2-7,10-21,32,54-57H,8-9,22-31H2,1H3. The molecule has 2 fully saturated rings. The summed E-state index contributed by atoms with van der Waals surface area (Å²) < 4.78 is 53.1. The Bertz CT molecular complexity index is 2870. The van der Waals surface area contributed by atoms with Crippen molar-refractivity contribution in [3.63, 3.8) is 0 Å². The van der Waals surface area contributed by atoms with Gasteiger partial charge in [-0.3, -0.25) is 0 Å². The molecule has 5 heterocycles. The summed E-state index contributed by atoms with van der Waals surface area (Å²) in [7, 11) is 0. The van der Waals surface area contributed by atoms with Gasteiger partial charge in [0.15, 0.2) is 34.5 Å². The van der Waals surface area contributed by atoms with Gasteiger partial charge >= 0.3 is 0 Å². The molecule has 12 nitrogen and oxygen atoms in total. The fraction of sp³-hybridized carbons (Fsp3) is 0.321. The molecule has 3 atom stereocenters. The number of para-hydroxylation sites is 1. The average Bonchev–Trinajstić information content (AvgIpc) is 3.74. The van der Waals surface area contributed by atoms with Gasteiger partial charge in [0.1, 0.15) is 16.4 Å². The summed E-state index contributed by atoms with van der Waals surface area (Å²) in [6.07, 6.45) is 2.88. The molecule has 2 spiro atoms. The number of hydrogen-bond acceptors (Lipinski definition) is 15. The van der Waals surface area contributed by atoms with E-state index < -0.39 is 17.0 Å². The van der Waals surface area contributed by atoms with Crippen LogP contribution in [-0.4, -0.2) is 73.3 Å². The summed E-state index contributed by atoms with van der Waals surface area (Å²) in [6.45, 7) is 4.66. The Hall–Kier alpha value is -5.39. The first kappa shape index (κ1) is 45.1. The van der Waals surface area contributed by atoms with Crippen LogP contribution in [0, 0.1) is 11.3 Å². The highest BCUT2D eigenvalue weighted by molar-refractivity contribution is 8.00. The normalized spacial score (nSPS) is 22.8. The van der Waals surface area contributed by atoms with Crippen LogP contribution in [0.3, 0.4) is 0 Å². The number of phenols is 4.